The molecule has 0 fully saturated rings. The van der Waals surface area contributed by atoms with Crippen LogP contribution in [0.25, 0.3) is 11.1 Å². The zero-order valence-electron chi connectivity index (χ0n) is 43.2. The van der Waals surface area contributed by atoms with E-state index in [1.807, 2.05) is 83.1 Å². The Morgan fingerprint density at radius 3 is 0.971 bits per heavy atom. The molecule has 0 bridgehead atoms. The smallest absolute Gasteiger partial charge is 0.0683 e. The van der Waals surface area contributed by atoms with Crippen molar-refractivity contribution in [1.29, 1.82) is 0 Å². The van der Waals surface area contributed by atoms with Gasteiger partial charge in [0.15, 0.2) is 0 Å². The van der Waals surface area contributed by atoms with E-state index in [1.165, 1.54) is 111 Å². The monoisotopic (exact) mass is 887 g/mol. The molecule has 0 N–H and O–H groups in total. The molecule has 0 atom stereocenters. The number of rotatable bonds is 0. The molecule has 14 rings (SSSR count). The van der Waals surface area contributed by atoms with Gasteiger partial charge in [-0.25, -0.2) is 0 Å². The lowest BCUT2D eigenvalue weighted by Crippen LogP contribution is -2.61. The van der Waals surface area contributed by atoms with Gasteiger partial charge in [-0.05, 0) is 121 Å². The summed E-state index contributed by atoms with van der Waals surface area (Å²) in [5.41, 5.74) is 32.3. The minimum absolute atomic E-state index is 0.253. The molecule has 68 heavy (non-hydrogen) atoms. The van der Waals surface area contributed by atoms with Crippen molar-refractivity contribution in [3.8, 4) is 11.1 Å². The Kier molecular flexibility index (Phi) is 14.7. The van der Waals surface area contributed by atoms with Gasteiger partial charge in [-0.2, -0.15) is 0 Å². The number of fused-ring (bicyclic) bond motifs is 17. The van der Waals surface area contributed by atoms with Gasteiger partial charge in [-0.3, -0.25) is 0 Å². The summed E-state index contributed by atoms with van der Waals surface area (Å²) in [4.78, 5) is 0. The maximum atomic E-state index is 2.72. The lowest BCUT2D eigenvalue weighted by atomic mass is 9.30. The van der Waals surface area contributed by atoms with Crippen LogP contribution in [0.5, 0.6) is 0 Å². The molecule has 0 radical (unpaired) electrons. The van der Waals surface area contributed by atoms with Crippen LogP contribution in [0.4, 0.5) is 0 Å². The average Bonchev–Trinajstić information content (AvgIpc) is 3.71. The largest absolute Gasteiger partial charge is 0.242 e. The molecule has 4 aliphatic heterocycles. The third kappa shape index (κ3) is 7.20. The third-order valence-electron chi connectivity index (χ3n) is 14.9. The highest BCUT2D eigenvalue weighted by molar-refractivity contribution is 6.98. The third-order valence-corrected chi connectivity index (χ3v) is 14.9. The first-order valence-corrected chi connectivity index (χ1v) is 26.6. The first-order chi connectivity index (χ1) is 33.7. The molecule has 342 valence electrons. The second-order valence-corrected chi connectivity index (χ2v) is 17.4. The predicted octanol–water partition coefficient (Wildman–Crippen LogP) is 12.8. The van der Waals surface area contributed by atoms with E-state index in [9.17, 15) is 0 Å². The lowest BCUT2D eigenvalue weighted by Gasteiger charge is -2.44. The molecule has 1 spiro atoms. The van der Waals surface area contributed by atoms with Crippen molar-refractivity contribution >= 4 is 46.2 Å². The molecule has 0 aromatic heterocycles. The SMILES string of the molecule is CC.CC.CC.CC.CC.CC.c1ccc2c(c1)Cc1cccc3c1B2c1cc2c(cc1C3)Cc1cc3c(cc1C21c2ccccc2-c2ccccc21)B1c2ccccc2Cc2cccc(c21)C3. The molecule has 4 heterocycles. The summed E-state index contributed by atoms with van der Waals surface area (Å²) in [6.45, 7) is 24.5. The van der Waals surface area contributed by atoms with Crippen molar-refractivity contribution in [2.75, 3.05) is 0 Å². The van der Waals surface area contributed by atoms with Crippen molar-refractivity contribution in [1.82, 2.24) is 0 Å². The van der Waals surface area contributed by atoms with E-state index >= 15 is 0 Å². The Hall–Kier alpha value is -6.11. The van der Waals surface area contributed by atoms with Crippen LogP contribution in [0.3, 0.4) is 0 Å². The lowest BCUT2D eigenvalue weighted by molar-refractivity contribution is 0.721. The van der Waals surface area contributed by atoms with Crippen molar-refractivity contribution in [3.63, 3.8) is 0 Å². The minimum atomic E-state index is -0.415. The highest BCUT2D eigenvalue weighted by Gasteiger charge is 2.52. The Morgan fingerprint density at radius 1 is 0.265 bits per heavy atom. The molecule has 0 unspecified atom stereocenters. The molecular weight excluding hydrogens is 814 g/mol. The summed E-state index contributed by atoms with van der Waals surface area (Å²) in [7, 11) is 0. The van der Waals surface area contributed by atoms with E-state index in [0.717, 1.165) is 32.1 Å². The Labute approximate surface area is 411 Å². The van der Waals surface area contributed by atoms with Crippen molar-refractivity contribution < 1.29 is 0 Å². The van der Waals surface area contributed by atoms with Gasteiger partial charge in [0, 0.05) is 0 Å². The van der Waals surface area contributed by atoms with Gasteiger partial charge in [0.1, 0.15) is 0 Å². The second kappa shape index (κ2) is 20.6. The molecule has 2 aliphatic carbocycles. The summed E-state index contributed by atoms with van der Waals surface area (Å²) in [6.07, 6.45) is 5.01. The Bertz CT molecular complexity index is 2890. The first-order valence-electron chi connectivity index (χ1n) is 26.6. The van der Waals surface area contributed by atoms with Crippen LogP contribution < -0.4 is 32.8 Å². The van der Waals surface area contributed by atoms with Crippen molar-refractivity contribution in [2.45, 2.75) is 121 Å². The molecule has 0 amide bonds. The summed E-state index contributed by atoms with van der Waals surface area (Å²) in [5, 5.41) is 0. The predicted molar refractivity (Wildman–Crippen MR) is 301 cm³/mol. The van der Waals surface area contributed by atoms with Gasteiger partial charge in [-0.1, -0.05) is 274 Å². The highest BCUT2D eigenvalue weighted by atomic mass is 14.5. The molecular formula is C66H72B2. The quantitative estimate of drug-likeness (QED) is 0.133. The molecule has 8 aromatic rings. The van der Waals surface area contributed by atoms with Crippen LogP contribution in [0, 0.1) is 0 Å². The van der Waals surface area contributed by atoms with Crippen LogP contribution in [-0.2, 0) is 37.5 Å². The minimum Gasteiger partial charge on any atom is -0.0683 e. The summed E-state index contributed by atoms with van der Waals surface area (Å²) in [5.74, 6) is 0. The fourth-order valence-electron chi connectivity index (χ4n) is 12.8. The molecule has 0 nitrogen and oxygen atoms in total. The van der Waals surface area contributed by atoms with Gasteiger partial charge in [-0.15, -0.1) is 0 Å². The Balaban J connectivity index is 0.000000487. The average molecular weight is 887 g/mol. The van der Waals surface area contributed by atoms with Gasteiger partial charge < -0.3 is 0 Å². The second-order valence-electron chi connectivity index (χ2n) is 17.4. The van der Waals surface area contributed by atoms with E-state index in [1.54, 1.807) is 10.9 Å². The van der Waals surface area contributed by atoms with Crippen LogP contribution in [0.15, 0.2) is 158 Å². The normalized spacial score (nSPS) is 13.6. The zero-order chi connectivity index (χ0) is 48.3. The Morgan fingerprint density at radius 2 is 0.574 bits per heavy atom. The van der Waals surface area contributed by atoms with E-state index < -0.39 is 5.41 Å². The fourth-order valence-corrected chi connectivity index (χ4v) is 12.8. The van der Waals surface area contributed by atoms with Crippen LogP contribution in [-0.4, -0.2) is 13.4 Å². The summed E-state index contributed by atoms with van der Waals surface area (Å²) < 4.78 is 0. The summed E-state index contributed by atoms with van der Waals surface area (Å²) in [6, 6.07) is 62.3. The standard InChI is InChI=1S/C54H36B2.6C2H6/c1-7-21-48-32(11-1)23-34-13-9-15-36-25-40-28-38-27-39-29-41-26-37-16-10-14-35-24-33-12-2-8-22-49(33)56(53(35)37)51(41)31-47(39)54(46(38)30-50(40)55(48)52(34)36)44-19-5-3-17-42(44)43-18-4-6-20-45(43)54;6*1-2/h1-22,28-31H,23-27H2;6*1-2H3. The van der Waals surface area contributed by atoms with Gasteiger partial charge >= 0.3 is 0 Å². The van der Waals surface area contributed by atoms with Gasteiger partial charge in [0.2, 0.25) is 13.4 Å². The van der Waals surface area contributed by atoms with Crippen molar-refractivity contribution in [3.05, 3.63) is 236 Å². The first kappa shape index (κ1) is 48.4. The van der Waals surface area contributed by atoms with Crippen LogP contribution >= 0.6 is 0 Å². The fraction of sp³-hybridized carbons (Fsp3) is 0.273. The van der Waals surface area contributed by atoms with E-state index in [-0.39, 0.29) is 13.4 Å². The van der Waals surface area contributed by atoms with E-state index in [2.05, 4.69) is 158 Å². The van der Waals surface area contributed by atoms with Crippen molar-refractivity contribution in [2.24, 2.45) is 0 Å². The maximum absolute atomic E-state index is 2.72. The highest BCUT2D eigenvalue weighted by Crippen LogP contribution is 2.59. The molecule has 0 saturated heterocycles. The molecule has 0 saturated carbocycles. The number of benzene rings is 8. The molecule has 2 heteroatoms. The summed E-state index contributed by atoms with van der Waals surface area (Å²) >= 11 is 0. The number of hydrogen-bond donors (Lipinski definition) is 0. The van der Waals surface area contributed by atoms with Gasteiger partial charge in [0.05, 0.1) is 5.41 Å². The zero-order valence-corrected chi connectivity index (χ0v) is 43.2. The van der Waals surface area contributed by atoms with E-state index in [4.69, 9.17) is 0 Å². The number of hydrogen-bond acceptors (Lipinski definition) is 0. The topological polar surface area (TPSA) is 0 Å². The van der Waals surface area contributed by atoms with Crippen LogP contribution in [0.2, 0.25) is 0 Å². The maximum Gasteiger partial charge on any atom is 0.242 e. The molecule has 8 aromatic carbocycles. The van der Waals surface area contributed by atoms with Gasteiger partial charge in [0.25, 0.3) is 0 Å². The molecule has 6 aliphatic rings. The van der Waals surface area contributed by atoms with Crippen LogP contribution in [0.1, 0.15) is 161 Å². The van der Waals surface area contributed by atoms with E-state index in [0.29, 0.717) is 0 Å².